The number of hydrogen-bond donors (Lipinski definition) is 1. The van der Waals surface area contributed by atoms with Crippen molar-refractivity contribution in [2.75, 3.05) is 17.7 Å². The van der Waals surface area contributed by atoms with E-state index < -0.39 is 5.60 Å². The molecule has 0 unspecified atom stereocenters. The van der Waals surface area contributed by atoms with Crippen LogP contribution in [0.15, 0.2) is 23.1 Å². The SMILES string of the molecule is CN1C(=O)CSc2cc(C(C)(C)O)ccc21. The molecule has 1 aromatic carbocycles. The van der Waals surface area contributed by atoms with Gasteiger partial charge in [-0.2, -0.15) is 0 Å². The minimum Gasteiger partial charge on any atom is -0.386 e. The lowest BCUT2D eigenvalue weighted by atomic mass is 9.98. The largest absolute Gasteiger partial charge is 0.386 e. The van der Waals surface area contributed by atoms with Crippen molar-refractivity contribution in [2.24, 2.45) is 0 Å². The third-order valence-electron chi connectivity index (χ3n) is 2.75. The summed E-state index contributed by atoms with van der Waals surface area (Å²) in [6.45, 7) is 3.52. The zero-order valence-corrected chi connectivity index (χ0v) is 10.5. The Labute approximate surface area is 99.5 Å². The van der Waals surface area contributed by atoms with E-state index in [0.29, 0.717) is 5.75 Å². The van der Waals surface area contributed by atoms with Crippen LogP contribution in [0.3, 0.4) is 0 Å². The Bertz CT molecular complexity index is 437. The van der Waals surface area contributed by atoms with Gasteiger partial charge in [0.05, 0.1) is 17.0 Å². The summed E-state index contributed by atoms with van der Waals surface area (Å²) in [6.07, 6.45) is 0. The Balaban J connectivity index is 2.45. The molecule has 0 fully saturated rings. The predicted octanol–water partition coefficient (Wildman–Crippen LogP) is 1.98. The van der Waals surface area contributed by atoms with Crippen molar-refractivity contribution in [1.29, 1.82) is 0 Å². The van der Waals surface area contributed by atoms with Gasteiger partial charge in [-0.15, -0.1) is 11.8 Å². The molecule has 0 spiro atoms. The molecular weight excluding hydrogens is 222 g/mol. The first-order valence-corrected chi connectivity index (χ1v) is 6.14. The molecule has 0 atom stereocenters. The van der Waals surface area contributed by atoms with Gasteiger partial charge in [0.1, 0.15) is 0 Å². The number of carbonyl (C=O) groups is 1. The van der Waals surface area contributed by atoms with Crippen molar-refractivity contribution in [3.63, 3.8) is 0 Å². The van der Waals surface area contributed by atoms with Crippen LogP contribution < -0.4 is 4.90 Å². The maximum absolute atomic E-state index is 11.5. The molecule has 4 heteroatoms. The fraction of sp³-hybridized carbons (Fsp3) is 0.417. The van der Waals surface area contributed by atoms with Gasteiger partial charge in [-0.05, 0) is 31.5 Å². The van der Waals surface area contributed by atoms with E-state index in [0.717, 1.165) is 16.1 Å². The van der Waals surface area contributed by atoms with Crippen molar-refractivity contribution in [3.8, 4) is 0 Å². The molecule has 1 N–H and O–H groups in total. The van der Waals surface area contributed by atoms with Gasteiger partial charge in [0, 0.05) is 11.9 Å². The molecule has 1 aliphatic rings. The smallest absolute Gasteiger partial charge is 0.237 e. The predicted molar refractivity (Wildman–Crippen MR) is 65.8 cm³/mol. The molecule has 1 amide bonds. The molecular formula is C12H15NO2S. The van der Waals surface area contributed by atoms with Crippen LogP contribution in [0.25, 0.3) is 0 Å². The number of amides is 1. The molecule has 0 aromatic heterocycles. The minimum absolute atomic E-state index is 0.119. The van der Waals surface area contributed by atoms with Crippen molar-refractivity contribution in [3.05, 3.63) is 23.8 Å². The second kappa shape index (κ2) is 3.79. The van der Waals surface area contributed by atoms with E-state index in [1.165, 1.54) is 11.8 Å². The lowest BCUT2D eigenvalue weighted by Gasteiger charge is -2.27. The van der Waals surface area contributed by atoms with Crippen LogP contribution >= 0.6 is 11.8 Å². The van der Waals surface area contributed by atoms with E-state index >= 15 is 0 Å². The van der Waals surface area contributed by atoms with Gasteiger partial charge in [-0.25, -0.2) is 0 Å². The molecule has 0 radical (unpaired) electrons. The van der Waals surface area contributed by atoms with Gasteiger partial charge in [0.2, 0.25) is 5.91 Å². The lowest BCUT2D eigenvalue weighted by Crippen LogP contribution is -2.31. The van der Waals surface area contributed by atoms with Crippen LogP contribution in [-0.2, 0) is 10.4 Å². The summed E-state index contributed by atoms with van der Waals surface area (Å²) in [7, 11) is 1.78. The summed E-state index contributed by atoms with van der Waals surface area (Å²) < 4.78 is 0. The highest BCUT2D eigenvalue weighted by molar-refractivity contribution is 8.00. The highest BCUT2D eigenvalue weighted by Crippen LogP contribution is 2.37. The molecule has 16 heavy (non-hydrogen) atoms. The highest BCUT2D eigenvalue weighted by Gasteiger charge is 2.24. The summed E-state index contributed by atoms with van der Waals surface area (Å²) in [5, 5.41) is 9.92. The molecule has 86 valence electrons. The van der Waals surface area contributed by atoms with Crippen LogP contribution in [0.4, 0.5) is 5.69 Å². The van der Waals surface area contributed by atoms with Crippen molar-refractivity contribution in [1.82, 2.24) is 0 Å². The third-order valence-corrected chi connectivity index (χ3v) is 3.78. The standard InChI is InChI=1S/C12H15NO2S/c1-12(2,15)8-4-5-9-10(6-8)16-7-11(14)13(9)3/h4-6,15H,7H2,1-3H3. The van der Waals surface area contributed by atoms with E-state index in [1.807, 2.05) is 18.2 Å². The zero-order valence-electron chi connectivity index (χ0n) is 9.65. The van der Waals surface area contributed by atoms with E-state index in [9.17, 15) is 9.90 Å². The maximum Gasteiger partial charge on any atom is 0.237 e. The average molecular weight is 237 g/mol. The number of aliphatic hydroxyl groups is 1. The fourth-order valence-electron chi connectivity index (χ4n) is 1.66. The van der Waals surface area contributed by atoms with Crippen molar-refractivity contribution in [2.45, 2.75) is 24.3 Å². The van der Waals surface area contributed by atoms with E-state index in [1.54, 1.807) is 25.8 Å². The van der Waals surface area contributed by atoms with E-state index in [2.05, 4.69) is 0 Å². The number of fused-ring (bicyclic) bond motifs is 1. The van der Waals surface area contributed by atoms with Gasteiger partial charge in [-0.3, -0.25) is 4.79 Å². The van der Waals surface area contributed by atoms with Crippen LogP contribution in [0.2, 0.25) is 0 Å². The number of thioether (sulfide) groups is 1. The van der Waals surface area contributed by atoms with Gasteiger partial charge in [0.25, 0.3) is 0 Å². The van der Waals surface area contributed by atoms with Gasteiger partial charge in [0.15, 0.2) is 0 Å². The first-order valence-electron chi connectivity index (χ1n) is 5.16. The van der Waals surface area contributed by atoms with Crippen molar-refractivity contribution < 1.29 is 9.90 Å². The summed E-state index contributed by atoms with van der Waals surface area (Å²) in [4.78, 5) is 14.2. The molecule has 1 heterocycles. The number of hydrogen-bond acceptors (Lipinski definition) is 3. The summed E-state index contributed by atoms with van der Waals surface area (Å²) >= 11 is 1.53. The van der Waals surface area contributed by atoms with Crippen LogP contribution in [0.1, 0.15) is 19.4 Å². The van der Waals surface area contributed by atoms with Crippen molar-refractivity contribution >= 4 is 23.4 Å². The number of carbonyl (C=O) groups excluding carboxylic acids is 1. The first kappa shape index (κ1) is 11.5. The lowest BCUT2D eigenvalue weighted by molar-refractivity contribution is -0.116. The monoisotopic (exact) mass is 237 g/mol. The van der Waals surface area contributed by atoms with Crippen LogP contribution in [0.5, 0.6) is 0 Å². The second-order valence-corrected chi connectivity index (χ2v) is 5.50. The molecule has 0 saturated heterocycles. The first-order chi connectivity index (χ1) is 7.39. The van der Waals surface area contributed by atoms with E-state index in [-0.39, 0.29) is 5.91 Å². The highest BCUT2D eigenvalue weighted by atomic mass is 32.2. The Kier molecular flexibility index (Phi) is 2.72. The zero-order chi connectivity index (χ0) is 11.9. The van der Waals surface area contributed by atoms with Crippen LogP contribution in [-0.4, -0.2) is 23.8 Å². The van der Waals surface area contributed by atoms with Crippen LogP contribution in [0, 0.1) is 0 Å². The summed E-state index contributed by atoms with van der Waals surface area (Å²) in [5.74, 6) is 0.590. The maximum atomic E-state index is 11.5. The number of benzene rings is 1. The summed E-state index contributed by atoms with van der Waals surface area (Å²) in [5.41, 5.74) is 0.964. The fourth-order valence-corrected chi connectivity index (χ4v) is 2.69. The third kappa shape index (κ3) is 1.95. The van der Waals surface area contributed by atoms with Gasteiger partial charge in [-0.1, -0.05) is 6.07 Å². The van der Waals surface area contributed by atoms with Gasteiger partial charge >= 0.3 is 0 Å². The molecule has 3 nitrogen and oxygen atoms in total. The Morgan fingerprint density at radius 3 is 2.75 bits per heavy atom. The molecule has 2 rings (SSSR count). The summed E-state index contributed by atoms with van der Waals surface area (Å²) in [6, 6.07) is 5.73. The van der Waals surface area contributed by atoms with E-state index in [4.69, 9.17) is 0 Å². The Morgan fingerprint density at radius 1 is 1.44 bits per heavy atom. The molecule has 0 aliphatic carbocycles. The average Bonchev–Trinajstić information content (AvgIpc) is 2.22. The number of nitrogens with zero attached hydrogens (tertiary/aromatic N) is 1. The molecule has 0 saturated carbocycles. The molecule has 0 bridgehead atoms. The minimum atomic E-state index is -0.838. The number of rotatable bonds is 1. The molecule has 1 aliphatic heterocycles. The number of anilines is 1. The quantitative estimate of drug-likeness (QED) is 0.812. The normalized spacial score (nSPS) is 16.2. The van der Waals surface area contributed by atoms with Gasteiger partial charge < -0.3 is 10.0 Å². The molecule has 1 aromatic rings. The topological polar surface area (TPSA) is 40.5 Å². The Hall–Kier alpha value is -1.00. The second-order valence-electron chi connectivity index (χ2n) is 4.48. The Morgan fingerprint density at radius 2 is 2.12 bits per heavy atom.